The number of benzene rings is 2. The third-order valence-corrected chi connectivity index (χ3v) is 3.49. The quantitative estimate of drug-likeness (QED) is 0.375. The molecule has 2 aromatic rings. The third-order valence-electron chi connectivity index (χ3n) is 3.49. The van der Waals surface area contributed by atoms with Crippen molar-refractivity contribution in [1.29, 1.82) is 0 Å². The molecule has 2 unspecified atom stereocenters. The highest BCUT2D eigenvalue weighted by Crippen LogP contribution is 2.35. The molecule has 2 aromatic carbocycles. The molecular weight excluding hydrogens is 268 g/mol. The maximum absolute atomic E-state index is 12.5. The Kier molecular flexibility index (Phi) is 3.36. The standard InChI is InChI=1S/C17H12O4/c18-14(11-7-3-1-4-8-11)13-15(19)17(20)21-16(13)12-9-5-2-6-10-12/h1-10,13,16H. The number of Topliss-reactive ketones (excluding diaryl/α,β-unsaturated/α-hetero) is 2. The number of hydrogen-bond acceptors (Lipinski definition) is 4. The number of cyclic esters (lactones) is 1. The molecule has 0 aromatic heterocycles. The van der Waals surface area contributed by atoms with Gasteiger partial charge < -0.3 is 4.74 Å². The van der Waals surface area contributed by atoms with E-state index in [1.54, 1.807) is 54.6 Å². The third kappa shape index (κ3) is 2.36. The molecule has 3 rings (SSSR count). The first-order chi connectivity index (χ1) is 10.2. The van der Waals surface area contributed by atoms with Crippen LogP contribution in [0.2, 0.25) is 0 Å². The van der Waals surface area contributed by atoms with Crippen LogP contribution >= 0.6 is 0 Å². The van der Waals surface area contributed by atoms with Gasteiger partial charge in [0.15, 0.2) is 5.78 Å². The Bertz CT molecular complexity index is 691. The fourth-order valence-corrected chi connectivity index (χ4v) is 2.45. The molecule has 1 heterocycles. The molecule has 1 aliphatic heterocycles. The first-order valence-electron chi connectivity index (χ1n) is 6.57. The van der Waals surface area contributed by atoms with E-state index in [4.69, 9.17) is 4.74 Å². The normalized spacial score (nSPS) is 21.1. The fourth-order valence-electron chi connectivity index (χ4n) is 2.45. The molecule has 1 saturated heterocycles. The zero-order chi connectivity index (χ0) is 14.8. The minimum atomic E-state index is -1.11. The van der Waals surface area contributed by atoms with Gasteiger partial charge in [-0.3, -0.25) is 9.59 Å². The molecule has 0 N–H and O–H groups in total. The van der Waals surface area contributed by atoms with Gasteiger partial charge in [-0.05, 0) is 5.56 Å². The fraction of sp³-hybridized carbons (Fsp3) is 0.118. The predicted molar refractivity (Wildman–Crippen MR) is 74.5 cm³/mol. The second-order valence-electron chi connectivity index (χ2n) is 4.81. The number of rotatable bonds is 3. The van der Waals surface area contributed by atoms with Crippen molar-refractivity contribution in [2.45, 2.75) is 6.10 Å². The van der Waals surface area contributed by atoms with Crippen molar-refractivity contribution in [3.05, 3.63) is 71.8 Å². The Labute approximate surface area is 121 Å². The highest BCUT2D eigenvalue weighted by Gasteiger charge is 2.48. The van der Waals surface area contributed by atoms with Crippen molar-refractivity contribution in [3.63, 3.8) is 0 Å². The summed E-state index contributed by atoms with van der Waals surface area (Å²) in [7, 11) is 0. The molecule has 1 fully saturated rings. The number of carbonyl (C=O) groups is 3. The van der Waals surface area contributed by atoms with Gasteiger partial charge in [0.1, 0.15) is 12.0 Å². The van der Waals surface area contributed by atoms with Crippen LogP contribution in [0.3, 0.4) is 0 Å². The van der Waals surface area contributed by atoms with Gasteiger partial charge in [0.25, 0.3) is 5.78 Å². The van der Waals surface area contributed by atoms with E-state index >= 15 is 0 Å². The van der Waals surface area contributed by atoms with Gasteiger partial charge in [0.05, 0.1) is 0 Å². The molecule has 0 saturated carbocycles. The van der Waals surface area contributed by atoms with Crippen LogP contribution in [-0.2, 0) is 14.3 Å². The van der Waals surface area contributed by atoms with Crippen molar-refractivity contribution in [1.82, 2.24) is 0 Å². The summed E-state index contributed by atoms with van der Waals surface area (Å²) in [6.07, 6.45) is -0.848. The van der Waals surface area contributed by atoms with Crippen LogP contribution in [0, 0.1) is 5.92 Å². The van der Waals surface area contributed by atoms with Gasteiger partial charge >= 0.3 is 5.97 Å². The van der Waals surface area contributed by atoms with E-state index < -0.39 is 23.8 Å². The van der Waals surface area contributed by atoms with Crippen LogP contribution in [0.1, 0.15) is 22.0 Å². The molecule has 0 bridgehead atoms. The van der Waals surface area contributed by atoms with Crippen molar-refractivity contribution in [3.8, 4) is 0 Å². The number of hydrogen-bond donors (Lipinski definition) is 0. The first kappa shape index (κ1) is 13.2. The topological polar surface area (TPSA) is 60.4 Å². The summed E-state index contributed by atoms with van der Waals surface area (Å²) in [4.78, 5) is 36.1. The lowest BCUT2D eigenvalue weighted by molar-refractivity contribution is -0.149. The van der Waals surface area contributed by atoms with Gasteiger partial charge in [-0.15, -0.1) is 0 Å². The summed E-state index contributed by atoms with van der Waals surface area (Å²) >= 11 is 0. The molecule has 0 spiro atoms. The van der Waals surface area contributed by atoms with Gasteiger partial charge in [-0.1, -0.05) is 60.7 Å². The summed E-state index contributed by atoms with van der Waals surface area (Å²) in [5.41, 5.74) is 1.04. The van der Waals surface area contributed by atoms with E-state index in [1.807, 2.05) is 6.07 Å². The lowest BCUT2D eigenvalue weighted by atomic mass is 9.87. The van der Waals surface area contributed by atoms with E-state index in [0.29, 0.717) is 11.1 Å². The summed E-state index contributed by atoms with van der Waals surface area (Å²) in [6.45, 7) is 0. The van der Waals surface area contributed by atoms with E-state index in [-0.39, 0.29) is 5.78 Å². The maximum Gasteiger partial charge on any atom is 0.376 e. The molecule has 4 nitrogen and oxygen atoms in total. The zero-order valence-electron chi connectivity index (χ0n) is 11.1. The lowest BCUT2D eigenvalue weighted by Crippen LogP contribution is -2.25. The highest BCUT2D eigenvalue weighted by atomic mass is 16.6. The van der Waals surface area contributed by atoms with Crippen molar-refractivity contribution < 1.29 is 19.1 Å². The average Bonchev–Trinajstić information content (AvgIpc) is 2.84. The Morgan fingerprint density at radius 2 is 1.43 bits per heavy atom. The first-order valence-corrected chi connectivity index (χ1v) is 6.57. The molecular formula is C17H12O4. The monoisotopic (exact) mass is 280 g/mol. The molecule has 0 amide bonds. The molecule has 4 heteroatoms. The molecule has 1 aliphatic rings. The average molecular weight is 280 g/mol. The van der Waals surface area contributed by atoms with Crippen LogP contribution < -0.4 is 0 Å². The summed E-state index contributed by atoms with van der Waals surface area (Å²) < 4.78 is 5.11. The highest BCUT2D eigenvalue weighted by molar-refractivity contribution is 6.41. The second-order valence-corrected chi connectivity index (χ2v) is 4.81. The maximum atomic E-state index is 12.5. The van der Waals surface area contributed by atoms with Gasteiger partial charge in [-0.2, -0.15) is 0 Å². The van der Waals surface area contributed by atoms with Crippen LogP contribution in [0.4, 0.5) is 0 Å². The predicted octanol–water partition coefficient (Wildman–Crippen LogP) is 2.35. The largest absolute Gasteiger partial charge is 0.450 e. The van der Waals surface area contributed by atoms with Crippen LogP contribution in [0.15, 0.2) is 60.7 Å². The van der Waals surface area contributed by atoms with Gasteiger partial charge in [-0.25, -0.2) is 4.79 Å². The Balaban J connectivity index is 1.99. The minimum Gasteiger partial charge on any atom is -0.450 e. The zero-order valence-corrected chi connectivity index (χ0v) is 11.1. The molecule has 104 valence electrons. The van der Waals surface area contributed by atoms with E-state index in [1.165, 1.54) is 0 Å². The number of esters is 1. The summed E-state index contributed by atoms with van der Waals surface area (Å²) in [5, 5.41) is 0. The number of ether oxygens (including phenoxy) is 1. The molecule has 21 heavy (non-hydrogen) atoms. The summed E-state index contributed by atoms with van der Waals surface area (Å²) in [6, 6.07) is 17.3. The number of ketones is 2. The molecule has 2 atom stereocenters. The van der Waals surface area contributed by atoms with Crippen molar-refractivity contribution in [2.24, 2.45) is 5.92 Å². The van der Waals surface area contributed by atoms with E-state index in [0.717, 1.165) is 0 Å². The Hall–Kier alpha value is -2.75. The SMILES string of the molecule is O=C1OC(c2ccccc2)C(C(=O)c2ccccc2)C1=O. The van der Waals surface area contributed by atoms with Crippen LogP contribution in [0.5, 0.6) is 0 Å². The molecule has 0 aliphatic carbocycles. The van der Waals surface area contributed by atoms with Crippen LogP contribution in [0.25, 0.3) is 0 Å². The number of carbonyl (C=O) groups excluding carboxylic acids is 3. The lowest BCUT2D eigenvalue weighted by Gasteiger charge is -2.15. The van der Waals surface area contributed by atoms with E-state index in [2.05, 4.69) is 0 Å². The Morgan fingerprint density at radius 1 is 0.857 bits per heavy atom. The summed E-state index contributed by atoms with van der Waals surface area (Å²) in [5.74, 6) is -3.22. The van der Waals surface area contributed by atoms with E-state index in [9.17, 15) is 14.4 Å². The minimum absolute atomic E-state index is 0.389. The van der Waals surface area contributed by atoms with Gasteiger partial charge in [0, 0.05) is 5.56 Å². The van der Waals surface area contributed by atoms with Crippen molar-refractivity contribution >= 4 is 17.5 Å². The molecule has 0 radical (unpaired) electrons. The smallest absolute Gasteiger partial charge is 0.376 e. The van der Waals surface area contributed by atoms with Gasteiger partial charge in [0.2, 0.25) is 0 Å². The van der Waals surface area contributed by atoms with Crippen molar-refractivity contribution in [2.75, 3.05) is 0 Å². The van der Waals surface area contributed by atoms with Crippen LogP contribution in [-0.4, -0.2) is 17.5 Å². The Morgan fingerprint density at radius 3 is 2.05 bits per heavy atom. The second kappa shape index (κ2) is 5.32.